The molecule has 48 valence electrons. The molecule has 0 saturated heterocycles. The van der Waals surface area contributed by atoms with Crippen molar-refractivity contribution in [3.05, 3.63) is 24.3 Å². The minimum atomic E-state index is 1.000. The van der Waals surface area contributed by atoms with E-state index >= 15 is 0 Å². The lowest BCUT2D eigenvalue weighted by molar-refractivity contribution is -0.702. The van der Waals surface area contributed by atoms with Crippen LogP contribution >= 0.6 is 0 Å². The standard InChI is InChI=1S/C7H11N2/c1-3-9-6-4-5-8-7(9)2/h4-6H,3H2,1-2H3/q+1. The fourth-order valence-corrected chi connectivity index (χ4v) is 0.810. The van der Waals surface area contributed by atoms with Gasteiger partial charge in [0.25, 0.3) is 5.82 Å². The third-order valence-corrected chi connectivity index (χ3v) is 1.37. The van der Waals surface area contributed by atoms with Crippen LogP contribution in [0.1, 0.15) is 12.7 Å². The van der Waals surface area contributed by atoms with Gasteiger partial charge in [-0.25, -0.2) is 4.57 Å². The van der Waals surface area contributed by atoms with E-state index in [-0.39, 0.29) is 0 Å². The highest BCUT2D eigenvalue weighted by molar-refractivity contribution is 4.76. The van der Waals surface area contributed by atoms with E-state index in [4.69, 9.17) is 0 Å². The van der Waals surface area contributed by atoms with Crippen molar-refractivity contribution < 1.29 is 4.57 Å². The Morgan fingerprint density at radius 2 is 2.44 bits per heavy atom. The van der Waals surface area contributed by atoms with Gasteiger partial charge in [-0.1, -0.05) is 4.98 Å². The summed E-state index contributed by atoms with van der Waals surface area (Å²) in [4.78, 5) is 4.11. The lowest BCUT2D eigenvalue weighted by Crippen LogP contribution is -2.35. The molecule has 0 atom stereocenters. The summed E-state index contributed by atoms with van der Waals surface area (Å²) in [6.45, 7) is 5.11. The molecule has 2 nitrogen and oxygen atoms in total. The van der Waals surface area contributed by atoms with Crippen LogP contribution in [0.25, 0.3) is 0 Å². The van der Waals surface area contributed by atoms with E-state index in [0.717, 1.165) is 12.4 Å². The van der Waals surface area contributed by atoms with E-state index in [1.54, 1.807) is 0 Å². The number of hydrogen-bond donors (Lipinski definition) is 0. The van der Waals surface area contributed by atoms with Crippen LogP contribution in [0.5, 0.6) is 0 Å². The maximum Gasteiger partial charge on any atom is 0.295 e. The predicted octanol–water partition coefficient (Wildman–Crippen LogP) is 0.697. The molecule has 1 heterocycles. The van der Waals surface area contributed by atoms with Crippen LogP contribution in [-0.2, 0) is 6.54 Å². The van der Waals surface area contributed by atoms with Gasteiger partial charge in [0.2, 0.25) is 0 Å². The maximum absolute atomic E-state index is 4.11. The lowest BCUT2D eigenvalue weighted by Gasteiger charge is -1.92. The van der Waals surface area contributed by atoms with Crippen molar-refractivity contribution in [2.24, 2.45) is 0 Å². The zero-order chi connectivity index (χ0) is 6.69. The lowest BCUT2D eigenvalue weighted by atomic mass is 10.5. The van der Waals surface area contributed by atoms with Gasteiger partial charge in [0, 0.05) is 13.0 Å². The van der Waals surface area contributed by atoms with E-state index in [1.165, 1.54) is 0 Å². The van der Waals surface area contributed by atoms with Gasteiger partial charge >= 0.3 is 0 Å². The summed E-state index contributed by atoms with van der Waals surface area (Å²) < 4.78 is 2.10. The second kappa shape index (κ2) is 2.58. The number of aromatic nitrogens is 2. The topological polar surface area (TPSA) is 16.8 Å². The van der Waals surface area contributed by atoms with Crippen molar-refractivity contribution in [1.29, 1.82) is 0 Å². The molecular weight excluding hydrogens is 112 g/mol. The molecule has 0 fully saturated rings. The first-order valence-corrected chi connectivity index (χ1v) is 3.15. The first-order chi connectivity index (χ1) is 4.34. The average molecular weight is 123 g/mol. The fraction of sp³-hybridized carbons (Fsp3) is 0.429. The molecule has 0 N–H and O–H groups in total. The Kier molecular flexibility index (Phi) is 1.78. The highest BCUT2D eigenvalue weighted by Crippen LogP contribution is 1.79. The SMILES string of the molecule is CC[n+]1cccnc1C. The van der Waals surface area contributed by atoms with Gasteiger partial charge in [-0.15, -0.1) is 0 Å². The minimum Gasteiger partial charge on any atom is -0.235 e. The highest BCUT2D eigenvalue weighted by atomic mass is 15.0. The molecule has 2 heteroatoms. The van der Waals surface area contributed by atoms with Crippen LogP contribution in [0, 0.1) is 6.92 Å². The Morgan fingerprint density at radius 3 is 2.89 bits per heavy atom. The molecule has 1 aromatic heterocycles. The molecule has 1 rings (SSSR count). The van der Waals surface area contributed by atoms with Gasteiger partial charge in [-0.2, -0.15) is 0 Å². The minimum absolute atomic E-state index is 1.000. The summed E-state index contributed by atoms with van der Waals surface area (Å²) in [5.74, 6) is 1.07. The van der Waals surface area contributed by atoms with Crippen molar-refractivity contribution in [2.45, 2.75) is 20.4 Å². The quantitative estimate of drug-likeness (QED) is 0.502. The second-order valence-corrected chi connectivity index (χ2v) is 1.95. The molecule has 0 aliphatic rings. The Bertz CT molecular complexity index is 196. The molecule has 0 unspecified atom stereocenters. The van der Waals surface area contributed by atoms with Crippen LogP contribution in [0.3, 0.4) is 0 Å². The van der Waals surface area contributed by atoms with Gasteiger partial charge < -0.3 is 0 Å². The summed E-state index contributed by atoms with van der Waals surface area (Å²) in [7, 11) is 0. The van der Waals surface area contributed by atoms with Crippen molar-refractivity contribution >= 4 is 0 Å². The highest BCUT2D eigenvalue weighted by Gasteiger charge is 1.98. The first kappa shape index (κ1) is 6.20. The van der Waals surface area contributed by atoms with Gasteiger partial charge in [0.15, 0.2) is 0 Å². The van der Waals surface area contributed by atoms with Crippen molar-refractivity contribution in [3.63, 3.8) is 0 Å². The largest absolute Gasteiger partial charge is 0.295 e. The molecule has 0 spiro atoms. The van der Waals surface area contributed by atoms with Gasteiger partial charge in [-0.3, -0.25) is 0 Å². The molecule has 0 amide bonds. The van der Waals surface area contributed by atoms with E-state index in [9.17, 15) is 0 Å². The number of nitrogens with zero attached hydrogens (tertiary/aromatic N) is 2. The average Bonchev–Trinajstić information content (AvgIpc) is 1.89. The second-order valence-electron chi connectivity index (χ2n) is 1.95. The van der Waals surface area contributed by atoms with E-state index in [0.29, 0.717) is 0 Å². The van der Waals surface area contributed by atoms with Crippen molar-refractivity contribution in [1.82, 2.24) is 4.98 Å². The van der Waals surface area contributed by atoms with Crippen LogP contribution in [0.4, 0.5) is 0 Å². The number of hydrogen-bond acceptors (Lipinski definition) is 1. The Morgan fingerprint density at radius 1 is 1.67 bits per heavy atom. The summed E-state index contributed by atoms with van der Waals surface area (Å²) in [6, 6.07) is 1.94. The first-order valence-electron chi connectivity index (χ1n) is 3.15. The molecular formula is C7H11N2+. The predicted molar refractivity (Wildman–Crippen MR) is 34.8 cm³/mol. The molecule has 0 radical (unpaired) electrons. The summed E-state index contributed by atoms with van der Waals surface area (Å²) >= 11 is 0. The molecule has 1 aromatic rings. The van der Waals surface area contributed by atoms with Crippen LogP contribution in [0.2, 0.25) is 0 Å². The van der Waals surface area contributed by atoms with E-state index in [2.05, 4.69) is 16.5 Å². The smallest absolute Gasteiger partial charge is 0.235 e. The molecule has 0 aromatic carbocycles. The van der Waals surface area contributed by atoms with E-state index in [1.807, 2.05) is 25.4 Å². The Hall–Kier alpha value is -0.920. The Labute approximate surface area is 55.2 Å². The zero-order valence-corrected chi connectivity index (χ0v) is 5.83. The molecule has 0 aliphatic carbocycles. The van der Waals surface area contributed by atoms with E-state index < -0.39 is 0 Å². The van der Waals surface area contributed by atoms with Crippen LogP contribution < -0.4 is 4.57 Å². The van der Waals surface area contributed by atoms with Gasteiger partial charge in [-0.05, 0) is 6.92 Å². The summed E-state index contributed by atoms with van der Waals surface area (Å²) in [5, 5.41) is 0. The molecule has 0 saturated carbocycles. The monoisotopic (exact) mass is 123 g/mol. The van der Waals surface area contributed by atoms with Crippen molar-refractivity contribution in [2.75, 3.05) is 0 Å². The van der Waals surface area contributed by atoms with Gasteiger partial charge in [0.1, 0.15) is 6.20 Å². The molecule has 0 aliphatic heterocycles. The van der Waals surface area contributed by atoms with Crippen LogP contribution in [-0.4, -0.2) is 4.98 Å². The normalized spacial score (nSPS) is 9.56. The van der Waals surface area contributed by atoms with Crippen LogP contribution in [0.15, 0.2) is 18.5 Å². The third-order valence-electron chi connectivity index (χ3n) is 1.37. The third kappa shape index (κ3) is 1.25. The number of rotatable bonds is 1. The summed E-state index contributed by atoms with van der Waals surface area (Å²) in [5.41, 5.74) is 0. The maximum atomic E-state index is 4.11. The summed E-state index contributed by atoms with van der Waals surface area (Å²) in [6.07, 6.45) is 3.84. The molecule has 0 bridgehead atoms. The fourth-order valence-electron chi connectivity index (χ4n) is 0.810. The zero-order valence-electron chi connectivity index (χ0n) is 5.83. The van der Waals surface area contributed by atoms with Crippen molar-refractivity contribution in [3.8, 4) is 0 Å². The molecule has 9 heavy (non-hydrogen) atoms. The number of aryl methyl sites for hydroxylation is 2. The van der Waals surface area contributed by atoms with Gasteiger partial charge in [0.05, 0.1) is 12.7 Å². The Balaban J connectivity index is 3.01.